The third-order valence-corrected chi connectivity index (χ3v) is 13.8. The number of fused-ring (bicyclic) bond motifs is 9. The number of benzene rings is 4. The molecule has 0 saturated heterocycles. The van der Waals surface area contributed by atoms with Crippen molar-refractivity contribution in [2.24, 2.45) is 5.18 Å². The molecule has 1 saturated carbocycles. The molecule has 10 rings (SSSR count). The number of nitrogens with zero attached hydrogens (tertiary/aromatic N) is 3. The van der Waals surface area contributed by atoms with Gasteiger partial charge in [-0.2, -0.15) is 0 Å². The van der Waals surface area contributed by atoms with Crippen molar-refractivity contribution in [1.82, 2.24) is 9.13 Å². The van der Waals surface area contributed by atoms with Gasteiger partial charge in [0.1, 0.15) is 16.7 Å². The monoisotopic (exact) mass is 739 g/mol. The maximum atomic E-state index is 12.5. The number of nitroso groups, excluding NO2 is 1. The predicted octanol–water partition coefficient (Wildman–Crippen LogP) is 15.2. The molecule has 3 aromatic heterocycles. The highest BCUT2D eigenvalue weighted by Gasteiger charge is 2.38. The Bertz CT molecular complexity index is 2670. The second kappa shape index (κ2) is 14.4. The van der Waals surface area contributed by atoms with Gasteiger partial charge in [-0.05, 0) is 159 Å². The summed E-state index contributed by atoms with van der Waals surface area (Å²) in [4.78, 5) is 12.5. The fourth-order valence-electron chi connectivity index (χ4n) is 10.9. The molecule has 0 N–H and O–H groups in total. The van der Waals surface area contributed by atoms with Crippen molar-refractivity contribution < 1.29 is 4.42 Å². The highest BCUT2D eigenvalue weighted by molar-refractivity contribution is 6.07. The Labute approximate surface area is 330 Å². The summed E-state index contributed by atoms with van der Waals surface area (Å²) in [6, 6.07) is 29.3. The molecular weight excluding hydrogens is 687 g/mol. The molecule has 5 heteroatoms. The van der Waals surface area contributed by atoms with Crippen molar-refractivity contribution in [3.8, 4) is 11.4 Å². The molecule has 3 aliphatic carbocycles. The minimum Gasteiger partial charge on any atom is -0.456 e. The number of furan rings is 1. The summed E-state index contributed by atoms with van der Waals surface area (Å²) in [6.07, 6.45) is 25.1. The van der Waals surface area contributed by atoms with Gasteiger partial charge in [-0.3, -0.25) is 0 Å². The summed E-state index contributed by atoms with van der Waals surface area (Å²) in [6.45, 7) is 4.69. The quantitative estimate of drug-likeness (QED) is 0.159. The number of aromatic nitrogens is 2. The fourth-order valence-corrected chi connectivity index (χ4v) is 10.9. The van der Waals surface area contributed by atoms with Crippen molar-refractivity contribution in [3.63, 3.8) is 0 Å². The van der Waals surface area contributed by atoms with Gasteiger partial charge in [0.15, 0.2) is 0 Å². The third kappa shape index (κ3) is 5.64. The van der Waals surface area contributed by atoms with E-state index >= 15 is 0 Å². The normalized spacial score (nSPS) is 21.2. The van der Waals surface area contributed by atoms with Gasteiger partial charge in [0, 0.05) is 44.3 Å². The second-order valence-electron chi connectivity index (χ2n) is 16.9. The van der Waals surface area contributed by atoms with E-state index in [1.165, 1.54) is 82.8 Å². The molecule has 284 valence electrons. The molecule has 7 aromatic rings. The standard InChI is InChI=1S/C51H53N3O2/c1-3-34-18-10-8-12-22-45-49(34)39-19-13-14-20-43(39)53(45)37-24-27-47-40(32-37)41-33-38(25-28-48(41)56-47)54-44-26-23-36(51(52-55)29-15-16-30-51)31-42(44)50-35(4-2)17-9-6-5-7-11-21-46(50)54/h11-14,19-28,31-35H,3-10,15-18,29-30H2,1-2H3/b21-11-,22-12-. The van der Waals surface area contributed by atoms with Gasteiger partial charge in [-0.15, -0.1) is 4.91 Å². The lowest BCUT2D eigenvalue weighted by molar-refractivity contribution is 0.461. The van der Waals surface area contributed by atoms with Crippen LogP contribution in [0.15, 0.2) is 101 Å². The summed E-state index contributed by atoms with van der Waals surface area (Å²) in [5, 5.41) is 8.72. The smallest absolute Gasteiger partial charge is 0.135 e. The molecule has 1 fully saturated rings. The van der Waals surface area contributed by atoms with E-state index in [0.717, 1.165) is 90.2 Å². The molecule has 0 radical (unpaired) electrons. The lowest BCUT2D eigenvalue weighted by atomic mass is 9.85. The molecule has 2 unspecified atom stereocenters. The zero-order chi connectivity index (χ0) is 37.8. The highest BCUT2D eigenvalue weighted by atomic mass is 16.3. The molecule has 0 bridgehead atoms. The average Bonchev–Trinajstić information content (AvgIpc) is 4.00. The van der Waals surface area contributed by atoms with Crippen LogP contribution in [0.1, 0.15) is 144 Å². The van der Waals surface area contributed by atoms with Crippen LogP contribution in [-0.2, 0) is 5.54 Å². The van der Waals surface area contributed by atoms with Crippen molar-refractivity contribution in [2.45, 2.75) is 121 Å². The van der Waals surface area contributed by atoms with Crippen LogP contribution in [0.25, 0.3) is 67.3 Å². The van der Waals surface area contributed by atoms with Gasteiger partial charge in [0.2, 0.25) is 0 Å². The first-order chi connectivity index (χ1) is 27.6. The first-order valence-corrected chi connectivity index (χ1v) is 21.6. The minimum atomic E-state index is -0.612. The predicted molar refractivity (Wildman–Crippen MR) is 234 cm³/mol. The van der Waals surface area contributed by atoms with Crippen molar-refractivity contribution >= 4 is 55.9 Å². The van der Waals surface area contributed by atoms with Crippen LogP contribution >= 0.6 is 0 Å². The fraction of sp³-hybridized carbons (Fsp3) is 0.373. The molecule has 0 aliphatic heterocycles. The Hall–Kier alpha value is -5.16. The molecule has 0 amide bonds. The Balaban J connectivity index is 1.19. The maximum absolute atomic E-state index is 12.5. The summed E-state index contributed by atoms with van der Waals surface area (Å²) in [5.41, 5.74) is 12.5. The van der Waals surface area contributed by atoms with Crippen molar-refractivity contribution in [1.29, 1.82) is 0 Å². The maximum Gasteiger partial charge on any atom is 0.135 e. The van der Waals surface area contributed by atoms with E-state index in [1.54, 1.807) is 0 Å². The van der Waals surface area contributed by atoms with Crippen LogP contribution in [0.4, 0.5) is 0 Å². The van der Waals surface area contributed by atoms with Gasteiger partial charge in [0.25, 0.3) is 0 Å². The third-order valence-electron chi connectivity index (χ3n) is 13.8. The Morgan fingerprint density at radius 3 is 1.89 bits per heavy atom. The van der Waals surface area contributed by atoms with E-state index in [0.29, 0.717) is 11.8 Å². The van der Waals surface area contributed by atoms with Crippen LogP contribution in [-0.4, -0.2) is 9.13 Å². The number of hydrogen-bond acceptors (Lipinski definition) is 3. The molecule has 56 heavy (non-hydrogen) atoms. The lowest BCUT2D eigenvalue weighted by Gasteiger charge is -2.21. The molecule has 0 spiro atoms. The Morgan fingerprint density at radius 1 is 0.625 bits per heavy atom. The Kier molecular flexibility index (Phi) is 9.07. The van der Waals surface area contributed by atoms with Gasteiger partial charge >= 0.3 is 0 Å². The van der Waals surface area contributed by atoms with Crippen molar-refractivity contribution in [2.75, 3.05) is 0 Å². The number of hydrogen-bond donors (Lipinski definition) is 0. The summed E-state index contributed by atoms with van der Waals surface area (Å²) < 4.78 is 11.6. The molecule has 3 aliphatic rings. The van der Waals surface area contributed by atoms with Crippen LogP contribution < -0.4 is 0 Å². The van der Waals surface area contributed by atoms with E-state index in [2.05, 4.69) is 131 Å². The van der Waals surface area contributed by atoms with Gasteiger partial charge < -0.3 is 13.6 Å². The minimum absolute atomic E-state index is 0.439. The van der Waals surface area contributed by atoms with Crippen LogP contribution in [0.5, 0.6) is 0 Å². The highest BCUT2D eigenvalue weighted by Crippen LogP contribution is 2.47. The van der Waals surface area contributed by atoms with Gasteiger partial charge in [0.05, 0.1) is 11.0 Å². The summed E-state index contributed by atoms with van der Waals surface area (Å²) >= 11 is 0. The van der Waals surface area contributed by atoms with Crippen molar-refractivity contribution in [3.05, 3.63) is 124 Å². The molecular formula is C51H53N3O2. The van der Waals surface area contributed by atoms with Gasteiger partial charge in [-0.1, -0.05) is 81.1 Å². The van der Waals surface area contributed by atoms with E-state index in [9.17, 15) is 4.91 Å². The zero-order valence-electron chi connectivity index (χ0n) is 33.0. The summed E-state index contributed by atoms with van der Waals surface area (Å²) in [7, 11) is 0. The van der Waals surface area contributed by atoms with Crippen LogP contribution in [0, 0.1) is 4.91 Å². The van der Waals surface area contributed by atoms with E-state index in [4.69, 9.17) is 4.42 Å². The number of rotatable bonds is 6. The van der Waals surface area contributed by atoms with E-state index in [-0.39, 0.29) is 0 Å². The molecule has 4 aromatic carbocycles. The van der Waals surface area contributed by atoms with E-state index in [1.807, 2.05) is 0 Å². The molecule has 2 atom stereocenters. The lowest BCUT2D eigenvalue weighted by Crippen LogP contribution is -2.18. The largest absolute Gasteiger partial charge is 0.456 e. The van der Waals surface area contributed by atoms with Crippen LogP contribution in [0.2, 0.25) is 0 Å². The molecule has 3 heterocycles. The Morgan fingerprint density at radius 2 is 1.23 bits per heavy atom. The van der Waals surface area contributed by atoms with Crippen LogP contribution in [0.3, 0.4) is 0 Å². The first kappa shape index (κ1) is 35.3. The molecule has 5 nitrogen and oxygen atoms in total. The SMILES string of the molecule is CCC1CCC/C=C\c2c1c1ccccc1n2-c1ccc2oc3ccc(-n4c5c(c6cc(C7(N=O)CCCC7)ccc64)C(CC)CCCCC/C=C\5)cc3c2c1. The summed E-state index contributed by atoms with van der Waals surface area (Å²) in [5.74, 6) is 0.983. The number of para-hydroxylation sites is 1. The second-order valence-corrected chi connectivity index (χ2v) is 16.9. The number of allylic oxidation sites excluding steroid dienone is 2. The van der Waals surface area contributed by atoms with E-state index < -0.39 is 5.54 Å². The average molecular weight is 740 g/mol. The van der Waals surface area contributed by atoms with Gasteiger partial charge in [-0.25, -0.2) is 0 Å². The topological polar surface area (TPSA) is 52.4 Å². The zero-order valence-corrected chi connectivity index (χ0v) is 33.0. The first-order valence-electron chi connectivity index (χ1n) is 21.6.